The topological polar surface area (TPSA) is 44.7 Å². The van der Waals surface area contributed by atoms with E-state index in [-0.39, 0.29) is 6.10 Å². The Kier molecular flexibility index (Phi) is 6.27. The second-order valence-electron chi connectivity index (χ2n) is 4.41. The average molecular weight is 204 g/mol. The third-order valence-electron chi connectivity index (χ3n) is 2.00. The number of methoxy groups -OCH3 is 1. The van der Waals surface area contributed by atoms with Gasteiger partial charge in [0.25, 0.3) is 0 Å². The number of aliphatic hydroxyl groups is 1. The first-order valence-corrected chi connectivity index (χ1v) is 4.98. The van der Waals surface area contributed by atoms with Crippen molar-refractivity contribution in [1.82, 2.24) is 10.2 Å². The van der Waals surface area contributed by atoms with Crippen LogP contribution in [-0.2, 0) is 4.74 Å². The molecule has 0 rings (SSSR count). The molecule has 0 aromatic carbocycles. The molecule has 0 aliphatic carbocycles. The zero-order chi connectivity index (χ0) is 11.2. The van der Waals surface area contributed by atoms with E-state index in [0.717, 1.165) is 6.54 Å². The number of ether oxygens (including phenoxy) is 1. The number of hydrogen-bond donors (Lipinski definition) is 2. The van der Waals surface area contributed by atoms with E-state index < -0.39 is 5.60 Å². The molecule has 0 spiro atoms. The number of nitrogens with zero attached hydrogens (tertiary/aromatic N) is 1. The van der Waals surface area contributed by atoms with E-state index in [1.807, 2.05) is 32.8 Å². The summed E-state index contributed by atoms with van der Waals surface area (Å²) in [5, 5.41) is 13.1. The molecule has 2 atom stereocenters. The maximum atomic E-state index is 9.93. The van der Waals surface area contributed by atoms with Gasteiger partial charge in [0.15, 0.2) is 0 Å². The van der Waals surface area contributed by atoms with Crippen molar-refractivity contribution in [2.24, 2.45) is 0 Å². The lowest BCUT2D eigenvalue weighted by Gasteiger charge is -2.27. The molecule has 2 unspecified atom stereocenters. The summed E-state index contributed by atoms with van der Waals surface area (Å²) >= 11 is 0. The van der Waals surface area contributed by atoms with Crippen LogP contribution in [0, 0.1) is 0 Å². The van der Waals surface area contributed by atoms with Crippen LogP contribution in [0.1, 0.15) is 13.8 Å². The van der Waals surface area contributed by atoms with E-state index in [0.29, 0.717) is 13.1 Å². The fourth-order valence-corrected chi connectivity index (χ4v) is 1.37. The van der Waals surface area contributed by atoms with Gasteiger partial charge in [-0.3, -0.25) is 0 Å². The molecule has 0 saturated heterocycles. The quantitative estimate of drug-likeness (QED) is 0.609. The zero-order valence-corrected chi connectivity index (χ0v) is 10.0. The predicted molar refractivity (Wildman–Crippen MR) is 58.5 cm³/mol. The molecule has 0 fully saturated rings. The monoisotopic (exact) mass is 204 g/mol. The SMILES string of the molecule is COC(C)CNCC(C)(O)CN(C)C. The number of likely N-dealkylation sites (N-methyl/N-ethyl adjacent to an activating group) is 1. The minimum Gasteiger partial charge on any atom is -0.388 e. The Bertz CT molecular complexity index is 149. The van der Waals surface area contributed by atoms with Gasteiger partial charge in [0.05, 0.1) is 11.7 Å². The van der Waals surface area contributed by atoms with E-state index in [1.54, 1.807) is 7.11 Å². The number of hydrogen-bond acceptors (Lipinski definition) is 4. The van der Waals surface area contributed by atoms with Gasteiger partial charge in [0.1, 0.15) is 0 Å². The van der Waals surface area contributed by atoms with Crippen LogP contribution >= 0.6 is 0 Å². The Morgan fingerprint density at radius 1 is 1.50 bits per heavy atom. The summed E-state index contributed by atoms with van der Waals surface area (Å²) in [5.41, 5.74) is -0.684. The lowest BCUT2D eigenvalue weighted by Crippen LogP contribution is -2.46. The van der Waals surface area contributed by atoms with Crippen molar-refractivity contribution in [3.63, 3.8) is 0 Å². The molecule has 4 nitrogen and oxygen atoms in total. The minimum atomic E-state index is -0.684. The van der Waals surface area contributed by atoms with Crippen LogP contribution in [0.4, 0.5) is 0 Å². The maximum Gasteiger partial charge on any atom is 0.0869 e. The minimum absolute atomic E-state index is 0.185. The first-order chi connectivity index (χ1) is 6.37. The van der Waals surface area contributed by atoms with Crippen LogP contribution in [0.5, 0.6) is 0 Å². The zero-order valence-electron chi connectivity index (χ0n) is 10.0. The van der Waals surface area contributed by atoms with Gasteiger partial charge in [-0.25, -0.2) is 0 Å². The molecular weight excluding hydrogens is 180 g/mol. The highest BCUT2D eigenvalue weighted by Crippen LogP contribution is 2.02. The van der Waals surface area contributed by atoms with Gasteiger partial charge < -0.3 is 20.1 Å². The van der Waals surface area contributed by atoms with Crippen molar-refractivity contribution in [3.05, 3.63) is 0 Å². The molecule has 0 aliphatic rings. The van der Waals surface area contributed by atoms with Crippen molar-refractivity contribution in [3.8, 4) is 0 Å². The molecule has 0 aromatic rings. The summed E-state index contributed by atoms with van der Waals surface area (Å²) in [7, 11) is 5.59. The molecular formula is C10H24N2O2. The predicted octanol–water partition coefficient (Wildman–Crippen LogP) is -0.0765. The fraction of sp³-hybridized carbons (Fsp3) is 1.00. The lowest BCUT2D eigenvalue weighted by atomic mass is 10.1. The summed E-state index contributed by atoms with van der Waals surface area (Å²) in [6.07, 6.45) is 0.185. The van der Waals surface area contributed by atoms with Crippen molar-refractivity contribution in [2.75, 3.05) is 40.8 Å². The van der Waals surface area contributed by atoms with Gasteiger partial charge in [-0.05, 0) is 27.9 Å². The Morgan fingerprint density at radius 2 is 2.07 bits per heavy atom. The van der Waals surface area contributed by atoms with Crippen molar-refractivity contribution >= 4 is 0 Å². The van der Waals surface area contributed by atoms with Crippen LogP contribution < -0.4 is 5.32 Å². The van der Waals surface area contributed by atoms with E-state index in [1.165, 1.54) is 0 Å². The highest BCUT2D eigenvalue weighted by atomic mass is 16.5. The molecule has 4 heteroatoms. The summed E-state index contributed by atoms with van der Waals surface area (Å²) in [5.74, 6) is 0. The van der Waals surface area contributed by atoms with Crippen molar-refractivity contribution in [1.29, 1.82) is 0 Å². The van der Waals surface area contributed by atoms with Crippen LogP contribution in [0.25, 0.3) is 0 Å². The van der Waals surface area contributed by atoms with Crippen LogP contribution in [-0.4, -0.2) is 62.6 Å². The second-order valence-corrected chi connectivity index (χ2v) is 4.41. The Labute approximate surface area is 87.2 Å². The first kappa shape index (κ1) is 13.8. The van der Waals surface area contributed by atoms with Crippen LogP contribution in [0.15, 0.2) is 0 Å². The van der Waals surface area contributed by atoms with E-state index in [2.05, 4.69) is 5.32 Å². The molecule has 0 amide bonds. The molecule has 2 N–H and O–H groups in total. The third kappa shape index (κ3) is 7.26. The first-order valence-electron chi connectivity index (χ1n) is 4.98. The smallest absolute Gasteiger partial charge is 0.0869 e. The average Bonchev–Trinajstić information content (AvgIpc) is 2.01. The number of rotatable bonds is 7. The largest absolute Gasteiger partial charge is 0.388 e. The van der Waals surface area contributed by atoms with Crippen LogP contribution in [0.3, 0.4) is 0 Å². The van der Waals surface area contributed by atoms with E-state index in [9.17, 15) is 5.11 Å². The summed E-state index contributed by atoms with van der Waals surface area (Å²) in [6.45, 7) is 5.82. The molecule has 0 aromatic heterocycles. The Morgan fingerprint density at radius 3 is 2.50 bits per heavy atom. The summed E-state index contributed by atoms with van der Waals surface area (Å²) in [6, 6.07) is 0. The van der Waals surface area contributed by atoms with Gasteiger partial charge in [-0.15, -0.1) is 0 Å². The van der Waals surface area contributed by atoms with Crippen molar-refractivity contribution < 1.29 is 9.84 Å². The highest BCUT2D eigenvalue weighted by Gasteiger charge is 2.20. The number of nitrogens with one attached hydrogen (secondary N) is 1. The summed E-state index contributed by atoms with van der Waals surface area (Å²) in [4.78, 5) is 1.97. The Balaban J connectivity index is 3.65. The lowest BCUT2D eigenvalue weighted by molar-refractivity contribution is 0.0294. The van der Waals surface area contributed by atoms with E-state index >= 15 is 0 Å². The van der Waals surface area contributed by atoms with E-state index in [4.69, 9.17) is 4.74 Å². The van der Waals surface area contributed by atoms with Gasteiger partial charge >= 0.3 is 0 Å². The normalized spacial score (nSPS) is 18.2. The van der Waals surface area contributed by atoms with Crippen molar-refractivity contribution in [2.45, 2.75) is 25.6 Å². The molecule has 0 heterocycles. The fourth-order valence-electron chi connectivity index (χ4n) is 1.37. The molecule has 0 radical (unpaired) electrons. The van der Waals surface area contributed by atoms with Gasteiger partial charge in [0, 0.05) is 26.7 Å². The molecule has 0 bridgehead atoms. The Hall–Kier alpha value is -0.160. The second kappa shape index (κ2) is 6.35. The van der Waals surface area contributed by atoms with Gasteiger partial charge in [-0.1, -0.05) is 0 Å². The highest BCUT2D eigenvalue weighted by molar-refractivity contribution is 4.78. The molecule has 86 valence electrons. The van der Waals surface area contributed by atoms with Gasteiger partial charge in [0.2, 0.25) is 0 Å². The van der Waals surface area contributed by atoms with Crippen LogP contribution in [0.2, 0.25) is 0 Å². The maximum absolute atomic E-state index is 9.93. The summed E-state index contributed by atoms with van der Waals surface area (Å²) < 4.78 is 5.09. The molecule has 0 saturated carbocycles. The molecule has 14 heavy (non-hydrogen) atoms. The third-order valence-corrected chi connectivity index (χ3v) is 2.00. The molecule has 0 aliphatic heterocycles. The standard InChI is InChI=1S/C10H24N2O2/c1-9(14-5)6-11-7-10(2,13)8-12(3)4/h9,11,13H,6-8H2,1-5H3. The van der Waals surface area contributed by atoms with Gasteiger partial charge in [-0.2, -0.15) is 0 Å².